The quantitative estimate of drug-likeness (QED) is 0.605. The zero-order valence-electron chi connectivity index (χ0n) is 15.2. The van der Waals surface area contributed by atoms with Gasteiger partial charge in [-0.05, 0) is 31.0 Å². The molecule has 6 nitrogen and oxygen atoms in total. The summed E-state index contributed by atoms with van der Waals surface area (Å²) in [7, 11) is 0. The van der Waals surface area contributed by atoms with Gasteiger partial charge < -0.3 is 13.9 Å². The summed E-state index contributed by atoms with van der Waals surface area (Å²) in [5.41, 5.74) is 0.734. The summed E-state index contributed by atoms with van der Waals surface area (Å²) in [6.45, 7) is 1.53. The topological polar surface area (TPSA) is 64.2 Å². The number of carbonyl (C=O) groups is 1. The first-order valence-corrected chi connectivity index (χ1v) is 10.0. The molecule has 4 rings (SSSR count). The van der Waals surface area contributed by atoms with E-state index in [9.17, 15) is 4.79 Å². The van der Waals surface area contributed by atoms with Crippen molar-refractivity contribution in [1.82, 2.24) is 19.4 Å². The molecule has 0 radical (unpaired) electrons. The maximum absolute atomic E-state index is 12.5. The first-order chi connectivity index (χ1) is 13.6. The van der Waals surface area contributed by atoms with Crippen LogP contribution in [0.25, 0.3) is 11.3 Å². The molecule has 0 N–H and O–H groups in total. The van der Waals surface area contributed by atoms with E-state index in [2.05, 4.69) is 14.5 Å². The Hall–Kier alpha value is -2.31. The Kier molecular flexibility index (Phi) is 5.69. The van der Waals surface area contributed by atoms with E-state index in [4.69, 9.17) is 27.6 Å². The van der Waals surface area contributed by atoms with Crippen LogP contribution in [0.5, 0.6) is 0 Å². The van der Waals surface area contributed by atoms with Crippen LogP contribution in [0.2, 0.25) is 10.0 Å². The number of piperidine rings is 1. The molecule has 1 aliphatic heterocycles. The smallest absolute Gasteiger partial charge is 0.223 e. The molecule has 0 bridgehead atoms. The van der Waals surface area contributed by atoms with E-state index in [0.717, 1.165) is 31.5 Å². The summed E-state index contributed by atoms with van der Waals surface area (Å²) in [5, 5.41) is 1.07. The highest BCUT2D eigenvalue weighted by atomic mass is 35.5. The van der Waals surface area contributed by atoms with Crippen molar-refractivity contribution in [1.29, 1.82) is 0 Å². The molecule has 0 unspecified atom stereocenters. The average Bonchev–Trinajstić information content (AvgIpc) is 3.38. The lowest BCUT2D eigenvalue weighted by Crippen LogP contribution is -2.39. The van der Waals surface area contributed by atoms with Crippen molar-refractivity contribution >= 4 is 29.1 Å². The van der Waals surface area contributed by atoms with Crippen LogP contribution in [0.3, 0.4) is 0 Å². The van der Waals surface area contributed by atoms with Crippen molar-refractivity contribution in [3.63, 3.8) is 0 Å². The summed E-state index contributed by atoms with van der Waals surface area (Å²) in [6.07, 6.45) is 9.98. The Balaban J connectivity index is 1.30. The van der Waals surface area contributed by atoms with Gasteiger partial charge in [0.2, 0.25) is 5.91 Å². The van der Waals surface area contributed by atoms with Gasteiger partial charge in [-0.1, -0.05) is 23.2 Å². The van der Waals surface area contributed by atoms with Crippen LogP contribution in [0.1, 0.15) is 31.2 Å². The third kappa shape index (κ3) is 4.23. The third-order valence-electron chi connectivity index (χ3n) is 5.07. The Morgan fingerprint density at radius 2 is 2.07 bits per heavy atom. The number of carbonyl (C=O) groups excluding carboxylic acids is 1. The molecule has 3 heterocycles. The first kappa shape index (κ1) is 19.0. The Morgan fingerprint density at radius 1 is 1.25 bits per heavy atom. The number of amides is 1. The zero-order valence-corrected chi connectivity index (χ0v) is 16.7. The van der Waals surface area contributed by atoms with Crippen molar-refractivity contribution in [3.05, 3.63) is 59.1 Å². The molecule has 3 aromatic rings. The number of hydrogen-bond donors (Lipinski definition) is 0. The van der Waals surface area contributed by atoms with Gasteiger partial charge in [0.1, 0.15) is 0 Å². The molecular weight excluding hydrogens is 399 g/mol. The largest absolute Gasteiger partial charge is 0.441 e. The number of hydrogen-bond acceptors (Lipinski definition) is 4. The van der Waals surface area contributed by atoms with Crippen LogP contribution >= 0.6 is 23.2 Å². The highest BCUT2D eigenvalue weighted by molar-refractivity contribution is 6.36. The first-order valence-electron chi connectivity index (χ1n) is 9.25. The summed E-state index contributed by atoms with van der Waals surface area (Å²) in [6, 6.07) is 5.63. The fourth-order valence-electron chi connectivity index (χ4n) is 3.51. The normalized spacial score (nSPS) is 15.1. The zero-order chi connectivity index (χ0) is 19.5. The molecule has 1 aliphatic rings. The molecule has 0 aliphatic carbocycles. The minimum absolute atomic E-state index is 0.133. The van der Waals surface area contributed by atoms with Gasteiger partial charge in [-0.25, -0.2) is 9.97 Å². The van der Waals surface area contributed by atoms with Gasteiger partial charge in [-0.15, -0.1) is 0 Å². The van der Waals surface area contributed by atoms with Crippen molar-refractivity contribution in [2.24, 2.45) is 0 Å². The fraction of sp³-hybridized carbons (Fsp3) is 0.350. The van der Waals surface area contributed by atoms with Crippen molar-refractivity contribution in [2.45, 2.75) is 31.7 Å². The number of aromatic nitrogens is 3. The summed E-state index contributed by atoms with van der Waals surface area (Å²) in [4.78, 5) is 22.8. The van der Waals surface area contributed by atoms with E-state index in [-0.39, 0.29) is 5.91 Å². The minimum Gasteiger partial charge on any atom is -0.441 e. The van der Waals surface area contributed by atoms with Crippen molar-refractivity contribution in [3.8, 4) is 11.3 Å². The number of likely N-dealkylation sites (tertiary alicyclic amines) is 1. The second kappa shape index (κ2) is 8.37. The van der Waals surface area contributed by atoms with E-state index >= 15 is 0 Å². The summed E-state index contributed by atoms with van der Waals surface area (Å²) in [5.74, 6) is 1.24. The van der Waals surface area contributed by atoms with Crippen molar-refractivity contribution < 1.29 is 9.21 Å². The van der Waals surface area contributed by atoms with Gasteiger partial charge in [0.05, 0.1) is 17.5 Å². The van der Waals surface area contributed by atoms with Gasteiger partial charge in [0.25, 0.3) is 0 Å². The molecule has 1 fully saturated rings. The van der Waals surface area contributed by atoms with E-state index in [1.807, 2.05) is 17.4 Å². The van der Waals surface area contributed by atoms with Crippen molar-refractivity contribution in [2.75, 3.05) is 13.1 Å². The second-order valence-electron chi connectivity index (χ2n) is 6.86. The number of aryl methyl sites for hydroxylation is 1. The molecular formula is C20H20Cl2N4O2. The lowest BCUT2D eigenvalue weighted by molar-refractivity contribution is -0.132. The molecule has 28 heavy (non-hydrogen) atoms. The van der Waals surface area contributed by atoms with E-state index in [1.165, 1.54) is 0 Å². The van der Waals surface area contributed by atoms with Crippen LogP contribution in [0.15, 0.2) is 47.5 Å². The summed E-state index contributed by atoms with van der Waals surface area (Å²) < 4.78 is 7.90. The Morgan fingerprint density at radius 3 is 2.79 bits per heavy atom. The monoisotopic (exact) mass is 418 g/mol. The van der Waals surface area contributed by atoms with Gasteiger partial charge >= 0.3 is 0 Å². The predicted octanol–water partition coefficient (Wildman–Crippen LogP) is 4.64. The van der Waals surface area contributed by atoms with Crippen LogP contribution in [-0.2, 0) is 11.2 Å². The molecule has 0 spiro atoms. The second-order valence-corrected chi connectivity index (χ2v) is 7.71. The van der Waals surface area contributed by atoms with Gasteiger partial charge in [-0.2, -0.15) is 0 Å². The standard InChI is InChI=1S/C20H20Cl2N4O2/c21-14-1-2-16(17(22)11-14)18-12-24-19(28-18)3-4-20(27)25-8-5-15(6-9-25)26-10-7-23-13-26/h1-2,7,10-13,15H,3-6,8-9H2. The van der Waals surface area contributed by atoms with E-state index < -0.39 is 0 Å². The van der Waals surface area contributed by atoms with E-state index in [1.54, 1.807) is 30.6 Å². The third-order valence-corrected chi connectivity index (χ3v) is 5.61. The maximum atomic E-state index is 12.5. The molecule has 0 saturated carbocycles. The predicted molar refractivity (Wildman–Crippen MR) is 107 cm³/mol. The number of rotatable bonds is 5. The Bertz CT molecular complexity index is 947. The molecule has 1 amide bonds. The number of oxazole rings is 1. The molecule has 0 atom stereocenters. The van der Waals surface area contributed by atoms with Gasteiger partial charge in [0.15, 0.2) is 11.7 Å². The highest BCUT2D eigenvalue weighted by Crippen LogP contribution is 2.31. The number of halogens is 2. The highest BCUT2D eigenvalue weighted by Gasteiger charge is 2.23. The number of imidazole rings is 1. The fourth-order valence-corrected chi connectivity index (χ4v) is 4.01. The average molecular weight is 419 g/mol. The Labute approximate surface area is 173 Å². The minimum atomic E-state index is 0.133. The maximum Gasteiger partial charge on any atom is 0.223 e. The van der Waals surface area contributed by atoms with Crippen LogP contribution in [0.4, 0.5) is 0 Å². The van der Waals surface area contributed by atoms with Crippen LogP contribution < -0.4 is 0 Å². The lowest BCUT2D eigenvalue weighted by Gasteiger charge is -2.32. The van der Waals surface area contributed by atoms with Gasteiger partial charge in [-0.3, -0.25) is 4.79 Å². The molecule has 1 saturated heterocycles. The van der Waals surface area contributed by atoms with Gasteiger partial charge in [0, 0.05) is 55.0 Å². The summed E-state index contributed by atoms with van der Waals surface area (Å²) >= 11 is 12.1. The molecule has 1 aromatic carbocycles. The molecule has 2 aromatic heterocycles. The van der Waals surface area contributed by atoms with E-state index in [0.29, 0.717) is 40.6 Å². The lowest BCUT2D eigenvalue weighted by atomic mass is 10.0. The number of benzene rings is 1. The van der Waals surface area contributed by atoms with Crippen LogP contribution in [0, 0.1) is 0 Å². The molecule has 8 heteroatoms. The number of nitrogens with zero attached hydrogens (tertiary/aromatic N) is 4. The van der Waals surface area contributed by atoms with Crippen LogP contribution in [-0.4, -0.2) is 38.4 Å². The molecule has 146 valence electrons. The SMILES string of the molecule is O=C(CCc1ncc(-c2ccc(Cl)cc2Cl)o1)N1CCC(n2ccnc2)CC1.